The van der Waals surface area contributed by atoms with Crippen LogP contribution in [-0.2, 0) is 4.74 Å². The van der Waals surface area contributed by atoms with Gasteiger partial charge in [-0.3, -0.25) is 5.32 Å². The fourth-order valence-electron chi connectivity index (χ4n) is 2.03. The number of rotatable bonds is 3. The highest BCUT2D eigenvalue weighted by molar-refractivity contribution is 5.12. The maximum atomic E-state index is 12.2. The van der Waals surface area contributed by atoms with Gasteiger partial charge in [0.15, 0.2) is 0 Å². The highest BCUT2D eigenvalue weighted by Gasteiger charge is 2.44. The van der Waals surface area contributed by atoms with E-state index < -0.39 is 23.9 Å². The van der Waals surface area contributed by atoms with Crippen LogP contribution in [0.15, 0.2) is 0 Å². The Morgan fingerprint density at radius 3 is 2.59 bits per heavy atom. The molecule has 0 saturated carbocycles. The van der Waals surface area contributed by atoms with Crippen LogP contribution in [-0.4, -0.2) is 30.5 Å². The molecule has 1 aliphatic heterocycles. The first-order valence-corrected chi connectivity index (χ1v) is 5.61. The number of nitrogens with one attached hydrogen (secondary N) is 1. The Labute approximate surface area is 98.9 Å². The average Bonchev–Trinajstić information content (AvgIpc) is 2.26. The Morgan fingerprint density at radius 1 is 1.47 bits per heavy atom. The molecular formula is C11H17F3N2O. The summed E-state index contributed by atoms with van der Waals surface area (Å²) in [5.74, 6) is 0. The van der Waals surface area contributed by atoms with E-state index in [-0.39, 0.29) is 12.8 Å². The van der Waals surface area contributed by atoms with Gasteiger partial charge in [0.1, 0.15) is 5.54 Å². The Morgan fingerprint density at radius 2 is 2.12 bits per heavy atom. The Kier molecular flexibility index (Phi) is 4.05. The van der Waals surface area contributed by atoms with Crippen LogP contribution in [0, 0.1) is 11.3 Å². The number of nitrogens with zero attached hydrogens (tertiary/aromatic N) is 1. The molecule has 6 heteroatoms. The van der Waals surface area contributed by atoms with Gasteiger partial charge in [0.05, 0.1) is 24.8 Å². The van der Waals surface area contributed by atoms with Crippen LogP contribution < -0.4 is 5.32 Å². The highest BCUT2D eigenvalue weighted by atomic mass is 19.4. The lowest BCUT2D eigenvalue weighted by Crippen LogP contribution is -2.56. The Bertz CT molecular complexity index is 313. The lowest BCUT2D eigenvalue weighted by Gasteiger charge is -2.42. The molecule has 0 aromatic rings. The molecule has 2 atom stereocenters. The zero-order valence-electron chi connectivity index (χ0n) is 10.0. The van der Waals surface area contributed by atoms with Gasteiger partial charge in [0, 0.05) is 12.8 Å². The van der Waals surface area contributed by atoms with Gasteiger partial charge in [-0.15, -0.1) is 0 Å². The van der Waals surface area contributed by atoms with Crippen LogP contribution in [0.1, 0.15) is 33.1 Å². The molecule has 1 fully saturated rings. The van der Waals surface area contributed by atoms with Crippen molar-refractivity contribution in [3.05, 3.63) is 0 Å². The first-order valence-electron chi connectivity index (χ1n) is 5.61. The molecule has 2 unspecified atom stereocenters. The molecule has 3 nitrogen and oxygen atoms in total. The Balaban J connectivity index is 2.72. The van der Waals surface area contributed by atoms with E-state index in [9.17, 15) is 13.2 Å². The fourth-order valence-corrected chi connectivity index (χ4v) is 2.03. The summed E-state index contributed by atoms with van der Waals surface area (Å²) in [6.45, 7) is 2.90. The second-order valence-electron chi connectivity index (χ2n) is 4.74. The SMILES string of the molecule is CCC1(C)CC(C#N)(NCC(F)(F)F)CCO1. The molecule has 0 radical (unpaired) electrons. The number of alkyl halides is 3. The first kappa shape index (κ1) is 14.3. The van der Waals surface area contributed by atoms with Gasteiger partial charge in [-0.1, -0.05) is 6.92 Å². The van der Waals surface area contributed by atoms with E-state index in [2.05, 4.69) is 5.32 Å². The van der Waals surface area contributed by atoms with E-state index in [0.717, 1.165) is 0 Å². The van der Waals surface area contributed by atoms with Crippen molar-refractivity contribution < 1.29 is 17.9 Å². The summed E-state index contributed by atoms with van der Waals surface area (Å²) in [5.41, 5.74) is -1.65. The van der Waals surface area contributed by atoms with Crippen LogP contribution in [0.5, 0.6) is 0 Å². The summed E-state index contributed by atoms with van der Waals surface area (Å²) < 4.78 is 42.1. The molecule has 0 bridgehead atoms. The van der Waals surface area contributed by atoms with Crippen molar-refractivity contribution >= 4 is 0 Å². The van der Waals surface area contributed by atoms with E-state index in [4.69, 9.17) is 10.00 Å². The molecule has 0 spiro atoms. The van der Waals surface area contributed by atoms with E-state index in [1.165, 1.54) is 0 Å². The zero-order valence-corrected chi connectivity index (χ0v) is 10.0. The minimum atomic E-state index is -4.30. The maximum absolute atomic E-state index is 12.2. The second kappa shape index (κ2) is 4.83. The minimum absolute atomic E-state index is 0.281. The van der Waals surface area contributed by atoms with Crippen molar-refractivity contribution in [3.8, 4) is 6.07 Å². The van der Waals surface area contributed by atoms with Crippen molar-refractivity contribution in [1.82, 2.24) is 5.32 Å². The molecule has 0 aromatic carbocycles. The van der Waals surface area contributed by atoms with Gasteiger partial charge < -0.3 is 4.74 Å². The normalized spacial score (nSPS) is 34.4. The van der Waals surface area contributed by atoms with E-state index >= 15 is 0 Å². The van der Waals surface area contributed by atoms with E-state index in [1.807, 2.05) is 19.9 Å². The molecule has 1 saturated heterocycles. The van der Waals surface area contributed by atoms with Crippen molar-refractivity contribution in [2.75, 3.05) is 13.2 Å². The number of hydrogen-bond donors (Lipinski definition) is 1. The Hall–Kier alpha value is -0.800. The van der Waals surface area contributed by atoms with Gasteiger partial charge >= 0.3 is 6.18 Å². The quantitative estimate of drug-likeness (QED) is 0.836. The van der Waals surface area contributed by atoms with Gasteiger partial charge in [0.25, 0.3) is 0 Å². The third-order valence-electron chi connectivity index (χ3n) is 3.24. The highest BCUT2D eigenvalue weighted by Crippen LogP contribution is 2.34. The topological polar surface area (TPSA) is 45.0 Å². The van der Waals surface area contributed by atoms with Crippen molar-refractivity contribution in [2.45, 2.75) is 50.4 Å². The van der Waals surface area contributed by atoms with Gasteiger partial charge in [0.2, 0.25) is 0 Å². The van der Waals surface area contributed by atoms with Crippen LogP contribution in [0.25, 0.3) is 0 Å². The maximum Gasteiger partial charge on any atom is 0.401 e. The number of hydrogen-bond acceptors (Lipinski definition) is 3. The second-order valence-corrected chi connectivity index (χ2v) is 4.74. The van der Waals surface area contributed by atoms with Crippen molar-refractivity contribution in [3.63, 3.8) is 0 Å². The van der Waals surface area contributed by atoms with E-state index in [0.29, 0.717) is 13.0 Å². The molecular weight excluding hydrogens is 233 g/mol. The number of nitriles is 1. The molecule has 17 heavy (non-hydrogen) atoms. The largest absolute Gasteiger partial charge is 0.401 e. The summed E-state index contributed by atoms with van der Waals surface area (Å²) >= 11 is 0. The zero-order chi connectivity index (χ0) is 13.2. The lowest BCUT2D eigenvalue weighted by molar-refractivity contribution is -0.137. The van der Waals surface area contributed by atoms with Crippen LogP contribution >= 0.6 is 0 Å². The van der Waals surface area contributed by atoms with Crippen molar-refractivity contribution in [2.24, 2.45) is 0 Å². The van der Waals surface area contributed by atoms with Crippen LogP contribution in [0.4, 0.5) is 13.2 Å². The lowest BCUT2D eigenvalue weighted by atomic mass is 9.80. The molecule has 98 valence electrons. The van der Waals surface area contributed by atoms with E-state index in [1.54, 1.807) is 0 Å². The third kappa shape index (κ3) is 3.86. The molecule has 1 heterocycles. The summed E-state index contributed by atoms with van der Waals surface area (Å²) in [4.78, 5) is 0. The summed E-state index contributed by atoms with van der Waals surface area (Å²) in [5, 5.41) is 11.5. The molecule has 0 amide bonds. The minimum Gasteiger partial charge on any atom is -0.375 e. The predicted octanol–water partition coefficient (Wildman–Crippen LogP) is 2.38. The molecule has 0 aliphatic carbocycles. The van der Waals surface area contributed by atoms with Crippen molar-refractivity contribution in [1.29, 1.82) is 5.26 Å². The standard InChI is InChI=1S/C11H17F3N2O/c1-3-9(2)6-10(7-15,4-5-17-9)16-8-11(12,13)14/h16H,3-6,8H2,1-2H3. The van der Waals surface area contributed by atoms with Crippen LogP contribution in [0.2, 0.25) is 0 Å². The summed E-state index contributed by atoms with van der Waals surface area (Å²) in [6, 6.07) is 1.99. The number of halogens is 3. The molecule has 1 N–H and O–H groups in total. The third-order valence-corrected chi connectivity index (χ3v) is 3.24. The van der Waals surface area contributed by atoms with Crippen LogP contribution in [0.3, 0.4) is 0 Å². The monoisotopic (exact) mass is 250 g/mol. The average molecular weight is 250 g/mol. The van der Waals surface area contributed by atoms with Gasteiger partial charge in [-0.2, -0.15) is 18.4 Å². The molecule has 0 aromatic heterocycles. The summed E-state index contributed by atoms with van der Waals surface area (Å²) in [6.07, 6.45) is -3.06. The number of ether oxygens (including phenoxy) is 1. The molecule has 1 rings (SSSR count). The summed E-state index contributed by atoms with van der Waals surface area (Å²) in [7, 11) is 0. The van der Waals surface area contributed by atoms with Gasteiger partial charge in [-0.25, -0.2) is 0 Å². The molecule has 1 aliphatic rings. The van der Waals surface area contributed by atoms with Gasteiger partial charge in [-0.05, 0) is 13.3 Å². The smallest absolute Gasteiger partial charge is 0.375 e. The first-order chi connectivity index (χ1) is 7.74. The predicted molar refractivity (Wildman–Crippen MR) is 56.3 cm³/mol. The fraction of sp³-hybridized carbons (Fsp3) is 0.909.